The number of halogens is 1. The zero-order valence-corrected chi connectivity index (χ0v) is 15.2. The molecule has 1 heterocycles. The van der Waals surface area contributed by atoms with E-state index in [0.717, 1.165) is 5.56 Å². The molecule has 6 nitrogen and oxygen atoms in total. The van der Waals surface area contributed by atoms with E-state index in [1.54, 1.807) is 34.9 Å². The molecule has 2 aromatic carbocycles. The van der Waals surface area contributed by atoms with Gasteiger partial charge in [-0.25, -0.2) is 0 Å². The van der Waals surface area contributed by atoms with E-state index in [2.05, 4.69) is 9.63 Å². The van der Waals surface area contributed by atoms with E-state index in [1.807, 2.05) is 13.8 Å². The fourth-order valence-corrected chi connectivity index (χ4v) is 3.50. The van der Waals surface area contributed by atoms with Crippen molar-refractivity contribution >= 4 is 38.2 Å². The van der Waals surface area contributed by atoms with Crippen LogP contribution in [0.5, 0.6) is 5.88 Å². The number of nitrogens with zero attached hydrogens (tertiary/aromatic N) is 3. The van der Waals surface area contributed by atoms with Crippen LogP contribution in [0.1, 0.15) is 12.5 Å². The van der Waals surface area contributed by atoms with Crippen molar-refractivity contribution in [3.8, 4) is 5.88 Å². The third-order valence-corrected chi connectivity index (χ3v) is 5.25. The summed E-state index contributed by atoms with van der Waals surface area (Å²) >= 11 is 6.01. The standard InChI is InChI=1S/C17H16ClN3O3S/c1-3-21-15-9-6-12(18)10-14(15)16(17(21)22)19-20-25(23,24)13-7-4-11(2)5-8-13/h4-10,22H,3H2,1-2H3. The maximum absolute atomic E-state index is 12.3. The summed E-state index contributed by atoms with van der Waals surface area (Å²) in [4.78, 5) is 0.0404. The Bertz CT molecular complexity index is 1070. The molecule has 0 aliphatic carbocycles. The Labute approximate surface area is 150 Å². The normalized spacial score (nSPS) is 12.3. The van der Waals surface area contributed by atoms with Gasteiger partial charge >= 0.3 is 0 Å². The number of aromatic hydroxyl groups is 1. The summed E-state index contributed by atoms with van der Waals surface area (Å²) in [5, 5.41) is 15.2. The molecule has 0 saturated carbocycles. The summed E-state index contributed by atoms with van der Waals surface area (Å²) < 4.78 is 29.8. The van der Waals surface area contributed by atoms with E-state index in [-0.39, 0.29) is 16.5 Å². The molecule has 8 heteroatoms. The number of rotatable bonds is 4. The first-order valence-corrected chi connectivity index (χ1v) is 9.40. The molecular formula is C17H16ClN3O3S. The summed E-state index contributed by atoms with van der Waals surface area (Å²) in [7, 11) is -3.96. The van der Waals surface area contributed by atoms with E-state index in [0.29, 0.717) is 22.5 Å². The molecule has 0 atom stereocenters. The van der Waals surface area contributed by atoms with Crippen molar-refractivity contribution in [3.63, 3.8) is 0 Å². The first kappa shape index (κ1) is 17.4. The van der Waals surface area contributed by atoms with Crippen LogP contribution < -0.4 is 0 Å². The molecule has 0 radical (unpaired) electrons. The number of hydrogen-bond donors (Lipinski definition) is 1. The van der Waals surface area contributed by atoms with Gasteiger partial charge in [0.25, 0.3) is 10.0 Å². The Morgan fingerprint density at radius 1 is 1.16 bits per heavy atom. The molecule has 0 saturated heterocycles. The van der Waals surface area contributed by atoms with Crippen molar-refractivity contribution in [3.05, 3.63) is 53.1 Å². The second-order valence-electron chi connectivity index (χ2n) is 5.55. The van der Waals surface area contributed by atoms with Crippen LogP contribution >= 0.6 is 11.6 Å². The topological polar surface area (TPSA) is 84.0 Å². The molecule has 0 aliphatic rings. The summed E-state index contributed by atoms with van der Waals surface area (Å²) in [6.07, 6.45) is 0. The molecule has 130 valence electrons. The maximum atomic E-state index is 12.3. The highest BCUT2D eigenvalue weighted by molar-refractivity contribution is 7.90. The summed E-state index contributed by atoms with van der Waals surface area (Å²) in [5.41, 5.74) is 1.72. The Kier molecular flexibility index (Phi) is 4.53. The van der Waals surface area contributed by atoms with E-state index >= 15 is 0 Å². The van der Waals surface area contributed by atoms with Gasteiger partial charge in [-0.2, -0.15) is 8.42 Å². The van der Waals surface area contributed by atoms with Crippen molar-refractivity contribution in [2.24, 2.45) is 9.63 Å². The summed E-state index contributed by atoms with van der Waals surface area (Å²) in [5.74, 6) is -0.150. The Balaban J connectivity index is 2.11. The number of aryl methyl sites for hydroxylation is 2. The molecule has 0 spiro atoms. The van der Waals surface area contributed by atoms with Crippen molar-refractivity contribution in [1.29, 1.82) is 0 Å². The highest BCUT2D eigenvalue weighted by Crippen LogP contribution is 2.40. The average molecular weight is 378 g/mol. The molecule has 0 unspecified atom stereocenters. The van der Waals surface area contributed by atoms with Crippen molar-refractivity contribution in [2.45, 2.75) is 25.3 Å². The Hall–Kier alpha value is -2.38. The van der Waals surface area contributed by atoms with Gasteiger partial charge in [0, 0.05) is 17.0 Å². The molecule has 3 rings (SSSR count). The van der Waals surface area contributed by atoms with Crippen LogP contribution in [0.2, 0.25) is 5.02 Å². The molecule has 0 fully saturated rings. The van der Waals surface area contributed by atoms with E-state index in [4.69, 9.17) is 11.6 Å². The molecule has 0 amide bonds. The molecule has 1 aromatic heterocycles. The van der Waals surface area contributed by atoms with Gasteiger partial charge in [0.15, 0.2) is 5.69 Å². The van der Waals surface area contributed by atoms with Crippen LogP contribution in [0.4, 0.5) is 5.69 Å². The SMILES string of the molecule is CCn1c(O)c(N=NS(=O)(=O)c2ccc(C)cc2)c2cc(Cl)ccc21. The molecule has 0 bridgehead atoms. The number of benzene rings is 2. The smallest absolute Gasteiger partial charge is 0.299 e. The van der Waals surface area contributed by atoms with Gasteiger partial charge in [-0.3, -0.25) is 0 Å². The van der Waals surface area contributed by atoms with Crippen molar-refractivity contribution in [1.82, 2.24) is 4.57 Å². The van der Waals surface area contributed by atoms with Crippen LogP contribution in [-0.2, 0) is 16.6 Å². The predicted octanol–water partition coefficient (Wildman–Crippen LogP) is 4.80. The third-order valence-electron chi connectivity index (χ3n) is 3.86. The average Bonchev–Trinajstić information content (AvgIpc) is 2.83. The van der Waals surface area contributed by atoms with E-state index in [1.165, 1.54) is 12.1 Å². The quantitative estimate of drug-likeness (QED) is 0.662. The van der Waals surface area contributed by atoms with Gasteiger partial charge in [-0.05, 0) is 44.2 Å². The van der Waals surface area contributed by atoms with Crippen LogP contribution in [0.15, 0.2) is 57.0 Å². The van der Waals surface area contributed by atoms with Crippen LogP contribution in [0.3, 0.4) is 0 Å². The first-order valence-electron chi connectivity index (χ1n) is 7.59. The van der Waals surface area contributed by atoms with Crippen LogP contribution in [0, 0.1) is 6.92 Å². The lowest BCUT2D eigenvalue weighted by Crippen LogP contribution is -1.95. The second kappa shape index (κ2) is 6.50. The van der Waals surface area contributed by atoms with Crippen molar-refractivity contribution < 1.29 is 13.5 Å². The Morgan fingerprint density at radius 3 is 2.48 bits per heavy atom. The fourth-order valence-electron chi connectivity index (χ4n) is 2.57. The highest BCUT2D eigenvalue weighted by Gasteiger charge is 2.18. The van der Waals surface area contributed by atoms with Gasteiger partial charge in [-0.1, -0.05) is 33.8 Å². The first-order chi connectivity index (χ1) is 11.8. The fraction of sp³-hybridized carbons (Fsp3) is 0.176. The largest absolute Gasteiger partial charge is 0.493 e. The molecule has 0 aliphatic heterocycles. The molecule has 1 N–H and O–H groups in total. The minimum atomic E-state index is -3.96. The third kappa shape index (κ3) is 3.25. The van der Waals surface area contributed by atoms with Crippen LogP contribution in [0.25, 0.3) is 10.9 Å². The second-order valence-corrected chi connectivity index (χ2v) is 7.57. The lowest BCUT2D eigenvalue weighted by Gasteiger charge is -2.01. The number of hydrogen-bond acceptors (Lipinski definition) is 4. The lowest BCUT2D eigenvalue weighted by atomic mass is 10.2. The predicted molar refractivity (Wildman–Crippen MR) is 97.2 cm³/mol. The van der Waals surface area contributed by atoms with E-state index < -0.39 is 10.0 Å². The van der Waals surface area contributed by atoms with Gasteiger partial charge in [0.2, 0.25) is 5.88 Å². The van der Waals surface area contributed by atoms with Gasteiger partial charge in [-0.15, -0.1) is 5.11 Å². The minimum absolute atomic E-state index is 0.0404. The molecule has 3 aromatic rings. The van der Waals surface area contributed by atoms with Crippen molar-refractivity contribution in [2.75, 3.05) is 0 Å². The van der Waals surface area contributed by atoms with Gasteiger partial charge in [0.1, 0.15) is 0 Å². The monoisotopic (exact) mass is 377 g/mol. The summed E-state index contributed by atoms with van der Waals surface area (Å²) in [6, 6.07) is 11.4. The zero-order chi connectivity index (χ0) is 18.2. The number of aromatic nitrogens is 1. The minimum Gasteiger partial charge on any atom is -0.493 e. The van der Waals surface area contributed by atoms with Crippen LogP contribution in [-0.4, -0.2) is 18.1 Å². The maximum Gasteiger partial charge on any atom is 0.299 e. The zero-order valence-electron chi connectivity index (χ0n) is 13.6. The lowest BCUT2D eigenvalue weighted by molar-refractivity contribution is 0.427. The van der Waals surface area contributed by atoms with E-state index in [9.17, 15) is 13.5 Å². The number of sulfonamides is 1. The van der Waals surface area contributed by atoms with Gasteiger partial charge in [0.05, 0.1) is 10.4 Å². The molecule has 25 heavy (non-hydrogen) atoms. The number of fused-ring (bicyclic) bond motifs is 1. The highest BCUT2D eigenvalue weighted by atomic mass is 35.5. The summed E-state index contributed by atoms with van der Waals surface area (Å²) in [6.45, 7) is 4.21. The van der Waals surface area contributed by atoms with Gasteiger partial charge < -0.3 is 9.67 Å². The molecular weight excluding hydrogens is 362 g/mol. The Morgan fingerprint density at radius 2 is 1.84 bits per heavy atom.